The highest BCUT2D eigenvalue weighted by molar-refractivity contribution is 7.13. The molecule has 0 bridgehead atoms. The van der Waals surface area contributed by atoms with E-state index in [9.17, 15) is 0 Å². The van der Waals surface area contributed by atoms with Gasteiger partial charge in [-0.1, -0.05) is 11.2 Å². The fourth-order valence-electron chi connectivity index (χ4n) is 1.85. The van der Waals surface area contributed by atoms with Crippen molar-refractivity contribution in [1.29, 1.82) is 0 Å². The van der Waals surface area contributed by atoms with Gasteiger partial charge in [0, 0.05) is 18.0 Å². The average Bonchev–Trinajstić information content (AvgIpc) is 2.96. The maximum Gasteiger partial charge on any atom is 0.187 e. The normalized spacial score (nSPS) is 10.7. The van der Waals surface area contributed by atoms with Crippen molar-refractivity contribution in [3.63, 3.8) is 0 Å². The van der Waals surface area contributed by atoms with Crippen LogP contribution in [0.4, 0.5) is 5.82 Å². The first kappa shape index (κ1) is 11.0. The molecule has 90 valence electrons. The molecule has 4 nitrogen and oxygen atoms in total. The van der Waals surface area contributed by atoms with E-state index >= 15 is 0 Å². The quantitative estimate of drug-likeness (QED) is 0.764. The highest BCUT2D eigenvalue weighted by atomic mass is 32.1. The van der Waals surface area contributed by atoms with Gasteiger partial charge >= 0.3 is 0 Å². The summed E-state index contributed by atoms with van der Waals surface area (Å²) in [7, 11) is 0. The van der Waals surface area contributed by atoms with Gasteiger partial charge in [0.1, 0.15) is 0 Å². The Balaban J connectivity index is 2.22. The van der Waals surface area contributed by atoms with Crippen molar-refractivity contribution < 1.29 is 4.52 Å². The minimum atomic E-state index is 0.394. The smallest absolute Gasteiger partial charge is 0.187 e. The van der Waals surface area contributed by atoms with E-state index < -0.39 is 0 Å². The van der Waals surface area contributed by atoms with Crippen LogP contribution in [-0.2, 0) is 0 Å². The van der Waals surface area contributed by atoms with E-state index in [-0.39, 0.29) is 0 Å². The zero-order valence-electron chi connectivity index (χ0n) is 9.75. The lowest BCUT2D eigenvalue weighted by Gasteiger charge is -2.01. The average molecular weight is 257 g/mol. The summed E-state index contributed by atoms with van der Waals surface area (Å²) in [6, 6.07) is 5.86. The van der Waals surface area contributed by atoms with Crippen molar-refractivity contribution in [1.82, 2.24) is 10.1 Å². The van der Waals surface area contributed by atoms with Crippen LogP contribution in [0.15, 0.2) is 40.5 Å². The topological polar surface area (TPSA) is 64.9 Å². The van der Waals surface area contributed by atoms with Gasteiger partial charge in [-0.25, -0.2) is 0 Å². The van der Waals surface area contributed by atoms with Gasteiger partial charge in [-0.3, -0.25) is 4.98 Å². The second-order valence-electron chi connectivity index (χ2n) is 3.95. The molecule has 18 heavy (non-hydrogen) atoms. The molecule has 0 aliphatic heterocycles. The number of nitrogens with two attached hydrogens (primary N) is 1. The van der Waals surface area contributed by atoms with Crippen LogP contribution in [0.5, 0.6) is 0 Å². The van der Waals surface area contributed by atoms with E-state index in [0.717, 1.165) is 21.6 Å². The number of aryl methyl sites for hydroxylation is 1. The molecule has 0 amide bonds. The molecule has 0 aliphatic rings. The van der Waals surface area contributed by atoms with Gasteiger partial charge in [-0.2, -0.15) is 0 Å². The summed E-state index contributed by atoms with van der Waals surface area (Å²) in [4.78, 5) is 5.16. The molecular weight excluding hydrogens is 246 g/mol. The number of nitrogen functional groups attached to an aromatic ring is 1. The Morgan fingerprint density at radius 1 is 1.33 bits per heavy atom. The molecule has 3 rings (SSSR count). The van der Waals surface area contributed by atoms with Gasteiger partial charge in [0.2, 0.25) is 0 Å². The van der Waals surface area contributed by atoms with E-state index in [0.29, 0.717) is 11.6 Å². The molecule has 3 aromatic rings. The first-order valence-corrected chi connectivity index (χ1v) is 6.35. The van der Waals surface area contributed by atoms with Crippen molar-refractivity contribution in [2.45, 2.75) is 6.92 Å². The number of aromatic nitrogens is 2. The Kier molecular flexibility index (Phi) is 2.60. The summed E-state index contributed by atoms with van der Waals surface area (Å²) in [5, 5.41) is 5.90. The van der Waals surface area contributed by atoms with Crippen LogP contribution in [0, 0.1) is 6.92 Å². The highest BCUT2D eigenvalue weighted by Gasteiger charge is 2.19. The monoisotopic (exact) mass is 257 g/mol. The largest absolute Gasteiger partial charge is 0.380 e. The first-order valence-electron chi connectivity index (χ1n) is 5.47. The van der Waals surface area contributed by atoms with Crippen molar-refractivity contribution >= 4 is 17.2 Å². The van der Waals surface area contributed by atoms with Gasteiger partial charge < -0.3 is 10.3 Å². The number of rotatable bonds is 2. The molecule has 0 atom stereocenters. The third kappa shape index (κ3) is 1.69. The summed E-state index contributed by atoms with van der Waals surface area (Å²) in [5.41, 5.74) is 8.78. The third-order valence-electron chi connectivity index (χ3n) is 2.74. The lowest BCUT2D eigenvalue weighted by atomic mass is 10.1. The fourth-order valence-corrected chi connectivity index (χ4v) is 2.76. The third-order valence-corrected chi connectivity index (χ3v) is 3.75. The lowest BCUT2D eigenvalue weighted by Crippen LogP contribution is -1.89. The lowest BCUT2D eigenvalue weighted by molar-refractivity contribution is 0.437. The number of nitrogens with zero attached hydrogens (tertiary/aromatic N) is 2. The van der Waals surface area contributed by atoms with Crippen molar-refractivity contribution in [2.75, 3.05) is 5.73 Å². The first-order chi connectivity index (χ1) is 8.77. The number of hydrogen-bond donors (Lipinski definition) is 1. The zero-order chi connectivity index (χ0) is 12.5. The number of pyridine rings is 1. The minimum absolute atomic E-state index is 0.394. The van der Waals surface area contributed by atoms with E-state index in [1.807, 2.05) is 30.5 Å². The molecule has 3 aromatic heterocycles. The van der Waals surface area contributed by atoms with E-state index in [1.165, 1.54) is 0 Å². The van der Waals surface area contributed by atoms with Crippen LogP contribution >= 0.6 is 11.3 Å². The number of anilines is 1. The van der Waals surface area contributed by atoms with Gasteiger partial charge in [0.15, 0.2) is 11.6 Å². The zero-order valence-corrected chi connectivity index (χ0v) is 10.6. The summed E-state index contributed by atoms with van der Waals surface area (Å²) >= 11 is 1.62. The molecule has 0 radical (unpaired) electrons. The summed E-state index contributed by atoms with van der Waals surface area (Å²) in [6.07, 6.45) is 3.48. The van der Waals surface area contributed by atoms with Gasteiger partial charge in [0.05, 0.1) is 10.4 Å². The van der Waals surface area contributed by atoms with Gasteiger partial charge in [-0.05, 0) is 30.0 Å². The molecule has 0 aromatic carbocycles. The van der Waals surface area contributed by atoms with Crippen molar-refractivity contribution in [3.8, 4) is 21.8 Å². The molecule has 2 N–H and O–H groups in total. The van der Waals surface area contributed by atoms with Crippen LogP contribution in [0.25, 0.3) is 21.8 Å². The number of thiophene rings is 1. The van der Waals surface area contributed by atoms with Crippen molar-refractivity contribution in [2.24, 2.45) is 0 Å². The molecule has 0 saturated heterocycles. The minimum Gasteiger partial charge on any atom is -0.380 e. The molecule has 0 spiro atoms. The van der Waals surface area contributed by atoms with Crippen LogP contribution in [0.2, 0.25) is 0 Å². The Labute approximate surface area is 108 Å². The Bertz CT molecular complexity index is 673. The summed E-state index contributed by atoms with van der Waals surface area (Å²) < 4.78 is 5.38. The van der Waals surface area contributed by atoms with E-state index in [4.69, 9.17) is 10.3 Å². The maximum absolute atomic E-state index is 5.90. The van der Waals surface area contributed by atoms with Crippen LogP contribution in [-0.4, -0.2) is 10.1 Å². The van der Waals surface area contributed by atoms with Crippen molar-refractivity contribution in [3.05, 3.63) is 41.5 Å². The number of hydrogen-bond acceptors (Lipinski definition) is 5. The molecule has 0 saturated carbocycles. The molecule has 0 unspecified atom stereocenters. The van der Waals surface area contributed by atoms with Crippen LogP contribution in [0.3, 0.4) is 0 Å². The second kappa shape index (κ2) is 4.27. The maximum atomic E-state index is 5.90. The summed E-state index contributed by atoms with van der Waals surface area (Å²) in [5.74, 6) is 1.11. The molecule has 5 heteroatoms. The predicted molar refractivity (Wildman–Crippen MR) is 72.2 cm³/mol. The molecule has 3 heterocycles. The van der Waals surface area contributed by atoms with Gasteiger partial charge in [0.25, 0.3) is 0 Å². The SMILES string of the molecule is Cc1ccsc1-c1onc(N)c1-c1cccnc1. The Morgan fingerprint density at radius 2 is 2.22 bits per heavy atom. The second-order valence-corrected chi connectivity index (χ2v) is 4.86. The fraction of sp³-hybridized carbons (Fsp3) is 0.0769. The van der Waals surface area contributed by atoms with Crippen LogP contribution < -0.4 is 5.73 Å². The van der Waals surface area contributed by atoms with E-state index in [1.54, 1.807) is 23.7 Å². The molecular formula is C13H11N3OS. The molecule has 0 aliphatic carbocycles. The Morgan fingerprint density at radius 3 is 2.89 bits per heavy atom. The van der Waals surface area contributed by atoms with E-state index in [2.05, 4.69) is 10.1 Å². The predicted octanol–water partition coefficient (Wildman–Crippen LogP) is 3.36. The standard InChI is InChI=1S/C13H11N3OS/c1-8-4-6-18-12(8)11-10(13(14)16-17-11)9-3-2-5-15-7-9/h2-7H,1H3,(H2,14,16). The Hall–Kier alpha value is -2.14. The molecule has 0 fully saturated rings. The summed E-state index contributed by atoms with van der Waals surface area (Å²) in [6.45, 7) is 2.04. The highest BCUT2D eigenvalue weighted by Crippen LogP contribution is 2.39. The van der Waals surface area contributed by atoms with Crippen LogP contribution in [0.1, 0.15) is 5.56 Å². The van der Waals surface area contributed by atoms with Gasteiger partial charge in [-0.15, -0.1) is 11.3 Å².